The average Bonchev–Trinajstić information content (AvgIpc) is 2.87. The van der Waals surface area contributed by atoms with Crippen molar-refractivity contribution in [2.24, 2.45) is 5.10 Å². The van der Waals surface area contributed by atoms with Gasteiger partial charge in [-0.05, 0) is 35.5 Å². The number of H-pyrrole nitrogens is 1. The van der Waals surface area contributed by atoms with Crippen molar-refractivity contribution in [1.82, 2.24) is 14.9 Å². The van der Waals surface area contributed by atoms with E-state index in [0.29, 0.717) is 11.2 Å². The maximum absolute atomic E-state index is 5.25. The third-order valence-electron chi connectivity index (χ3n) is 3.09. The third kappa shape index (κ3) is 3.58. The summed E-state index contributed by atoms with van der Waals surface area (Å²) in [5.41, 5.74) is 2.15. The monoisotopic (exact) mass is 372 g/mol. The zero-order chi connectivity index (χ0) is 15.4. The highest BCUT2D eigenvalue weighted by Crippen LogP contribution is 2.11. The quantitative estimate of drug-likeness (QED) is 0.551. The highest BCUT2D eigenvalue weighted by atomic mass is 79.9. The predicted molar refractivity (Wildman–Crippen MR) is 93.8 cm³/mol. The third-order valence-corrected chi connectivity index (χ3v) is 3.85. The first-order chi connectivity index (χ1) is 10.7. The van der Waals surface area contributed by atoms with Crippen molar-refractivity contribution in [3.8, 4) is 0 Å². The van der Waals surface area contributed by atoms with Crippen molar-refractivity contribution in [3.05, 3.63) is 80.8 Å². The summed E-state index contributed by atoms with van der Waals surface area (Å²) in [5.74, 6) is 0.780. The van der Waals surface area contributed by atoms with E-state index in [1.807, 2.05) is 42.5 Å². The topological polar surface area (TPSA) is 46.0 Å². The maximum Gasteiger partial charge on any atom is 0.216 e. The second kappa shape index (κ2) is 6.81. The molecule has 0 aliphatic heterocycles. The molecule has 1 N–H and O–H groups in total. The van der Waals surface area contributed by atoms with E-state index in [9.17, 15) is 0 Å². The minimum Gasteiger partial charge on any atom is -0.250 e. The molecule has 0 spiro atoms. The van der Waals surface area contributed by atoms with E-state index in [1.54, 1.807) is 10.9 Å². The van der Waals surface area contributed by atoms with E-state index in [2.05, 4.69) is 43.4 Å². The van der Waals surface area contributed by atoms with Crippen molar-refractivity contribution < 1.29 is 0 Å². The first-order valence-corrected chi connectivity index (χ1v) is 7.92. The van der Waals surface area contributed by atoms with Crippen LogP contribution in [0.4, 0.5) is 0 Å². The fourth-order valence-electron chi connectivity index (χ4n) is 2.05. The van der Waals surface area contributed by atoms with Crippen LogP contribution in [-0.4, -0.2) is 21.1 Å². The standard InChI is InChI=1S/C16H13BrN4S/c17-14-8-4-7-13(9-14)11-18-21-15(19-20-16(21)22)10-12-5-2-1-3-6-12/h1-9,11H,10H2,(H,20,22)/b18-11-. The van der Waals surface area contributed by atoms with Crippen LogP contribution in [0.1, 0.15) is 17.0 Å². The van der Waals surface area contributed by atoms with Crippen molar-refractivity contribution in [2.45, 2.75) is 6.42 Å². The summed E-state index contributed by atoms with van der Waals surface area (Å²) in [4.78, 5) is 0. The lowest BCUT2D eigenvalue weighted by Gasteiger charge is -2.01. The van der Waals surface area contributed by atoms with Gasteiger partial charge in [0.2, 0.25) is 4.77 Å². The van der Waals surface area contributed by atoms with E-state index < -0.39 is 0 Å². The zero-order valence-corrected chi connectivity index (χ0v) is 14.0. The minimum atomic E-state index is 0.483. The van der Waals surface area contributed by atoms with Crippen LogP contribution in [0.2, 0.25) is 0 Å². The number of rotatable bonds is 4. The second-order valence-electron chi connectivity index (χ2n) is 4.72. The lowest BCUT2D eigenvalue weighted by atomic mass is 10.1. The summed E-state index contributed by atoms with van der Waals surface area (Å²) >= 11 is 8.70. The summed E-state index contributed by atoms with van der Waals surface area (Å²) in [5, 5.41) is 11.5. The summed E-state index contributed by atoms with van der Waals surface area (Å²) in [6.07, 6.45) is 2.44. The van der Waals surface area contributed by atoms with Crippen LogP contribution in [0.3, 0.4) is 0 Å². The highest BCUT2D eigenvalue weighted by Gasteiger charge is 2.05. The Labute approximate surface area is 141 Å². The minimum absolute atomic E-state index is 0.483. The Kier molecular flexibility index (Phi) is 4.60. The molecule has 3 rings (SSSR count). The number of nitrogens with one attached hydrogen (secondary N) is 1. The van der Waals surface area contributed by atoms with Crippen molar-refractivity contribution >= 4 is 34.4 Å². The van der Waals surface area contributed by atoms with Gasteiger partial charge in [0.15, 0.2) is 5.82 Å². The lowest BCUT2D eigenvalue weighted by molar-refractivity contribution is 0.792. The molecule has 0 atom stereocenters. The molecular formula is C16H13BrN4S. The van der Waals surface area contributed by atoms with E-state index >= 15 is 0 Å². The van der Waals surface area contributed by atoms with Crippen molar-refractivity contribution in [1.29, 1.82) is 0 Å². The van der Waals surface area contributed by atoms with E-state index in [1.165, 1.54) is 0 Å². The number of benzene rings is 2. The molecule has 6 heteroatoms. The molecule has 0 unspecified atom stereocenters. The van der Waals surface area contributed by atoms with Gasteiger partial charge in [0, 0.05) is 10.9 Å². The average molecular weight is 373 g/mol. The van der Waals surface area contributed by atoms with Gasteiger partial charge >= 0.3 is 0 Å². The molecule has 0 fully saturated rings. The number of aromatic nitrogens is 3. The number of nitrogens with zero attached hydrogens (tertiary/aromatic N) is 3. The van der Waals surface area contributed by atoms with Crippen LogP contribution >= 0.6 is 28.1 Å². The molecule has 1 aromatic heterocycles. The van der Waals surface area contributed by atoms with Crippen molar-refractivity contribution in [3.63, 3.8) is 0 Å². The molecule has 0 amide bonds. The Morgan fingerprint density at radius 1 is 1.18 bits per heavy atom. The van der Waals surface area contributed by atoms with Gasteiger partial charge in [-0.3, -0.25) is 5.10 Å². The molecule has 0 saturated carbocycles. The van der Waals surface area contributed by atoms with Crippen LogP contribution in [0, 0.1) is 4.77 Å². The van der Waals surface area contributed by atoms with Crippen molar-refractivity contribution in [2.75, 3.05) is 0 Å². The van der Waals surface area contributed by atoms with E-state index in [4.69, 9.17) is 12.2 Å². The second-order valence-corrected chi connectivity index (χ2v) is 6.02. The number of hydrogen-bond donors (Lipinski definition) is 1. The number of aromatic amines is 1. The normalized spacial score (nSPS) is 11.1. The Morgan fingerprint density at radius 3 is 2.77 bits per heavy atom. The summed E-state index contributed by atoms with van der Waals surface area (Å²) in [7, 11) is 0. The van der Waals surface area contributed by atoms with Gasteiger partial charge in [0.25, 0.3) is 0 Å². The molecule has 0 radical (unpaired) electrons. The largest absolute Gasteiger partial charge is 0.250 e. The Hall–Kier alpha value is -2.05. The van der Waals surface area contributed by atoms with Crippen LogP contribution in [-0.2, 0) is 6.42 Å². The van der Waals surface area contributed by atoms with Gasteiger partial charge in [0.05, 0.1) is 6.21 Å². The molecule has 0 aliphatic carbocycles. The first-order valence-electron chi connectivity index (χ1n) is 6.72. The summed E-state index contributed by atoms with van der Waals surface area (Å²) in [6.45, 7) is 0. The zero-order valence-electron chi connectivity index (χ0n) is 11.6. The van der Waals surface area contributed by atoms with Gasteiger partial charge in [-0.15, -0.1) is 0 Å². The smallest absolute Gasteiger partial charge is 0.216 e. The lowest BCUT2D eigenvalue weighted by Crippen LogP contribution is -2.00. The first kappa shape index (κ1) is 14.9. The molecular weight excluding hydrogens is 360 g/mol. The molecule has 2 aromatic carbocycles. The Balaban J connectivity index is 1.88. The fourth-order valence-corrected chi connectivity index (χ4v) is 2.66. The predicted octanol–water partition coefficient (Wildman–Crippen LogP) is 4.18. The van der Waals surface area contributed by atoms with Gasteiger partial charge in [-0.2, -0.15) is 14.9 Å². The van der Waals surface area contributed by atoms with Crippen LogP contribution in [0.25, 0.3) is 0 Å². The molecule has 110 valence electrons. The van der Waals surface area contributed by atoms with Gasteiger partial charge < -0.3 is 0 Å². The molecule has 3 aromatic rings. The number of hydrogen-bond acceptors (Lipinski definition) is 3. The van der Waals surface area contributed by atoms with Crippen LogP contribution in [0.15, 0.2) is 64.2 Å². The molecule has 0 saturated heterocycles. The van der Waals surface area contributed by atoms with Crippen LogP contribution in [0.5, 0.6) is 0 Å². The fraction of sp³-hybridized carbons (Fsp3) is 0.0625. The summed E-state index contributed by atoms with van der Waals surface area (Å²) < 4.78 is 3.15. The molecule has 4 nitrogen and oxygen atoms in total. The van der Waals surface area contributed by atoms with Gasteiger partial charge in [-0.25, -0.2) is 0 Å². The molecule has 22 heavy (non-hydrogen) atoms. The van der Waals surface area contributed by atoms with E-state index in [-0.39, 0.29) is 0 Å². The van der Waals surface area contributed by atoms with Gasteiger partial charge in [0.1, 0.15) is 0 Å². The molecule has 0 bridgehead atoms. The molecule has 1 heterocycles. The summed E-state index contributed by atoms with van der Waals surface area (Å²) in [6, 6.07) is 18.0. The molecule has 0 aliphatic rings. The maximum atomic E-state index is 5.25. The highest BCUT2D eigenvalue weighted by molar-refractivity contribution is 9.10. The van der Waals surface area contributed by atoms with E-state index in [0.717, 1.165) is 21.4 Å². The number of halogens is 1. The SMILES string of the molecule is S=c1[nH]nc(Cc2ccccc2)n1/N=C\c1cccc(Br)c1. The van der Waals surface area contributed by atoms with Crippen LogP contribution < -0.4 is 0 Å². The Morgan fingerprint density at radius 2 is 2.00 bits per heavy atom. The van der Waals surface area contributed by atoms with Gasteiger partial charge in [-0.1, -0.05) is 58.4 Å². The Bertz CT molecular complexity index is 852.